The Balaban J connectivity index is 1.50. The Kier molecular flexibility index (Phi) is 7.85. The molecule has 0 saturated carbocycles. The Labute approximate surface area is 185 Å². The zero-order valence-electron chi connectivity index (χ0n) is 16.1. The van der Waals surface area contributed by atoms with Gasteiger partial charge in [0.25, 0.3) is 0 Å². The lowest BCUT2D eigenvalue weighted by molar-refractivity contribution is -0.121. The van der Waals surface area contributed by atoms with E-state index in [2.05, 4.69) is 10.5 Å². The van der Waals surface area contributed by atoms with Crippen LogP contribution in [0.4, 0.5) is 0 Å². The van der Waals surface area contributed by atoms with Gasteiger partial charge in [-0.3, -0.25) is 4.79 Å². The van der Waals surface area contributed by atoms with Crippen LogP contribution in [0.1, 0.15) is 17.5 Å². The second-order valence-electron chi connectivity index (χ2n) is 6.63. The van der Waals surface area contributed by atoms with Crippen LogP contribution in [-0.4, -0.2) is 51.1 Å². The van der Waals surface area contributed by atoms with E-state index in [1.165, 1.54) is 10.5 Å². The number of halogens is 2. The van der Waals surface area contributed by atoms with Crippen LogP contribution in [0.25, 0.3) is 0 Å². The van der Waals surface area contributed by atoms with Crippen molar-refractivity contribution in [2.75, 3.05) is 26.3 Å². The molecule has 1 aliphatic rings. The molecule has 2 aromatic carbocycles. The summed E-state index contributed by atoms with van der Waals surface area (Å²) in [7, 11) is -3.52. The minimum atomic E-state index is -3.52. The molecule has 10 heteroatoms. The van der Waals surface area contributed by atoms with Crippen molar-refractivity contribution in [2.24, 2.45) is 5.10 Å². The number of sulfonamides is 1. The summed E-state index contributed by atoms with van der Waals surface area (Å²) in [5, 5.41) is 4.76. The van der Waals surface area contributed by atoms with E-state index < -0.39 is 10.0 Å². The van der Waals surface area contributed by atoms with Crippen molar-refractivity contribution < 1.29 is 17.9 Å². The van der Waals surface area contributed by atoms with Crippen LogP contribution in [0, 0.1) is 0 Å². The van der Waals surface area contributed by atoms with Gasteiger partial charge in [0.1, 0.15) is 0 Å². The molecule has 0 bridgehead atoms. The first-order valence-electron chi connectivity index (χ1n) is 9.30. The minimum Gasteiger partial charge on any atom is -0.379 e. The summed E-state index contributed by atoms with van der Waals surface area (Å²) in [6, 6.07) is 11.6. The molecule has 160 valence electrons. The normalized spacial score (nSPS) is 15.4. The number of morpholine rings is 1. The van der Waals surface area contributed by atoms with Crippen molar-refractivity contribution in [1.82, 2.24) is 9.73 Å². The second-order valence-corrected chi connectivity index (χ2v) is 9.38. The molecule has 0 aromatic heterocycles. The third-order valence-corrected chi connectivity index (χ3v) is 7.17. The molecule has 1 aliphatic heterocycles. The Hall–Kier alpha value is -1.97. The van der Waals surface area contributed by atoms with Gasteiger partial charge >= 0.3 is 0 Å². The molecule has 30 heavy (non-hydrogen) atoms. The minimum absolute atomic E-state index is 0.217. The van der Waals surface area contributed by atoms with E-state index >= 15 is 0 Å². The molecule has 0 atom stereocenters. The number of nitrogens with zero attached hydrogens (tertiary/aromatic N) is 2. The quantitative estimate of drug-likeness (QED) is 0.498. The highest BCUT2D eigenvalue weighted by Gasteiger charge is 2.26. The molecule has 1 saturated heterocycles. The number of aryl methyl sites for hydroxylation is 1. The summed E-state index contributed by atoms with van der Waals surface area (Å²) in [4.78, 5) is 12.2. The van der Waals surface area contributed by atoms with Gasteiger partial charge in [0.2, 0.25) is 15.9 Å². The fraction of sp³-hybridized carbons (Fsp3) is 0.300. The van der Waals surface area contributed by atoms with E-state index in [1.54, 1.807) is 42.5 Å². The molecule has 7 nitrogen and oxygen atoms in total. The van der Waals surface area contributed by atoms with Crippen molar-refractivity contribution >= 4 is 45.3 Å². The molecule has 0 unspecified atom stereocenters. The molecule has 0 radical (unpaired) electrons. The summed E-state index contributed by atoms with van der Waals surface area (Å²) in [6.45, 7) is 1.51. The molecule has 1 amide bonds. The van der Waals surface area contributed by atoms with Gasteiger partial charge in [0.05, 0.1) is 34.4 Å². The molecule has 0 spiro atoms. The Morgan fingerprint density at radius 2 is 1.80 bits per heavy atom. The lowest BCUT2D eigenvalue weighted by atomic mass is 10.1. The van der Waals surface area contributed by atoms with E-state index in [0.29, 0.717) is 48.3 Å². The third kappa shape index (κ3) is 6.02. The fourth-order valence-electron chi connectivity index (χ4n) is 2.85. The van der Waals surface area contributed by atoms with Gasteiger partial charge in [-0.05, 0) is 41.8 Å². The molecule has 0 aliphatic carbocycles. The molecule has 1 N–H and O–H groups in total. The van der Waals surface area contributed by atoms with E-state index in [9.17, 15) is 13.2 Å². The van der Waals surface area contributed by atoms with Crippen LogP contribution in [0.15, 0.2) is 52.5 Å². The SMILES string of the molecule is O=C(CCc1ccc(S(=O)(=O)N2CCOCC2)cc1)NN=Cc1ccc(Cl)c(Cl)c1. The van der Waals surface area contributed by atoms with Crippen LogP contribution >= 0.6 is 23.2 Å². The Bertz CT molecular complexity index is 1020. The smallest absolute Gasteiger partial charge is 0.243 e. The first kappa shape index (κ1) is 22.7. The van der Waals surface area contributed by atoms with E-state index in [1.807, 2.05) is 0 Å². The highest BCUT2D eigenvalue weighted by molar-refractivity contribution is 7.89. The van der Waals surface area contributed by atoms with Crippen molar-refractivity contribution in [3.63, 3.8) is 0 Å². The largest absolute Gasteiger partial charge is 0.379 e. The van der Waals surface area contributed by atoms with Crippen LogP contribution in [0.3, 0.4) is 0 Å². The lowest BCUT2D eigenvalue weighted by Crippen LogP contribution is -2.40. The topological polar surface area (TPSA) is 88.1 Å². The zero-order valence-corrected chi connectivity index (χ0v) is 18.4. The van der Waals surface area contributed by atoms with Gasteiger partial charge in [-0.1, -0.05) is 41.4 Å². The lowest BCUT2D eigenvalue weighted by Gasteiger charge is -2.26. The number of hydrogen-bond acceptors (Lipinski definition) is 5. The third-order valence-electron chi connectivity index (χ3n) is 4.52. The van der Waals surface area contributed by atoms with Crippen LogP contribution in [0.2, 0.25) is 10.0 Å². The number of ether oxygens (including phenoxy) is 1. The number of rotatable bonds is 7. The van der Waals surface area contributed by atoms with E-state index in [4.69, 9.17) is 27.9 Å². The van der Waals surface area contributed by atoms with Crippen LogP contribution < -0.4 is 5.43 Å². The van der Waals surface area contributed by atoms with Crippen molar-refractivity contribution in [1.29, 1.82) is 0 Å². The second kappa shape index (κ2) is 10.4. The summed E-state index contributed by atoms with van der Waals surface area (Å²) in [6.07, 6.45) is 2.16. The molecule has 1 fully saturated rings. The number of carbonyl (C=O) groups is 1. The summed E-state index contributed by atoms with van der Waals surface area (Å²) < 4.78 is 31.9. The maximum Gasteiger partial charge on any atom is 0.243 e. The number of hydrogen-bond donors (Lipinski definition) is 1. The van der Waals surface area contributed by atoms with Crippen LogP contribution in [0.5, 0.6) is 0 Å². The van der Waals surface area contributed by atoms with E-state index in [-0.39, 0.29) is 17.2 Å². The molecular formula is C20H21Cl2N3O4S. The number of hydrazone groups is 1. The molecule has 1 heterocycles. The first-order chi connectivity index (χ1) is 14.4. The Morgan fingerprint density at radius 1 is 1.10 bits per heavy atom. The average molecular weight is 470 g/mol. The van der Waals surface area contributed by atoms with Gasteiger partial charge in [-0.25, -0.2) is 13.8 Å². The maximum absolute atomic E-state index is 12.6. The van der Waals surface area contributed by atoms with E-state index in [0.717, 1.165) is 5.56 Å². The molecular weight excluding hydrogens is 449 g/mol. The summed E-state index contributed by atoms with van der Waals surface area (Å²) in [5.41, 5.74) is 4.02. The summed E-state index contributed by atoms with van der Waals surface area (Å²) in [5.74, 6) is -0.253. The summed E-state index contributed by atoms with van der Waals surface area (Å²) >= 11 is 11.8. The average Bonchev–Trinajstić information content (AvgIpc) is 2.76. The predicted molar refractivity (Wildman–Crippen MR) is 117 cm³/mol. The van der Waals surface area contributed by atoms with Gasteiger partial charge in [-0.2, -0.15) is 9.41 Å². The predicted octanol–water partition coefficient (Wildman–Crippen LogP) is 3.10. The van der Waals surface area contributed by atoms with Gasteiger partial charge in [0, 0.05) is 19.5 Å². The monoisotopic (exact) mass is 469 g/mol. The number of amides is 1. The standard InChI is InChI=1S/C20H21Cl2N3O4S/c21-18-7-3-16(13-19(18)22)14-23-24-20(26)8-4-15-1-5-17(6-2-15)30(27,28)25-9-11-29-12-10-25/h1-3,5-7,13-14H,4,8-12H2,(H,24,26). The van der Waals surface area contributed by atoms with Crippen molar-refractivity contribution in [3.8, 4) is 0 Å². The zero-order chi connectivity index (χ0) is 21.6. The number of nitrogens with one attached hydrogen (secondary N) is 1. The molecule has 2 aromatic rings. The van der Waals surface area contributed by atoms with Crippen LogP contribution in [-0.2, 0) is 26.0 Å². The van der Waals surface area contributed by atoms with Crippen molar-refractivity contribution in [2.45, 2.75) is 17.7 Å². The highest BCUT2D eigenvalue weighted by Crippen LogP contribution is 2.22. The maximum atomic E-state index is 12.6. The fourth-order valence-corrected chi connectivity index (χ4v) is 4.56. The Morgan fingerprint density at radius 3 is 2.47 bits per heavy atom. The van der Waals surface area contributed by atoms with Crippen molar-refractivity contribution in [3.05, 3.63) is 63.6 Å². The molecule has 3 rings (SSSR count). The first-order valence-corrected chi connectivity index (χ1v) is 11.5. The van der Waals surface area contributed by atoms with Gasteiger partial charge in [0.15, 0.2) is 0 Å². The van der Waals surface area contributed by atoms with Gasteiger partial charge < -0.3 is 4.74 Å². The van der Waals surface area contributed by atoms with Gasteiger partial charge in [-0.15, -0.1) is 0 Å². The number of benzene rings is 2. The highest BCUT2D eigenvalue weighted by atomic mass is 35.5. The number of carbonyl (C=O) groups excluding carboxylic acids is 1.